The van der Waals surface area contributed by atoms with Gasteiger partial charge in [-0.25, -0.2) is 9.18 Å². The predicted molar refractivity (Wildman–Crippen MR) is 69.1 cm³/mol. The molecule has 0 aliphatic heterocycles. The first-order valence-electron chi connectivity index (χ1n) is 5.38. The van der Waals surface area contributed by atoms with Gasteiger partial charge in [-0.2, -0.15) is 0 Å². The fraction of sp³-hybridized carbons (Fsp3) is 0.600. The lowest BCUT2D eigenvalue weighted by Crippen LogP contribution is -2.55. The molecule has 8 heteroatoms. The number of aromatic amines is 1. The van der Waals surface area contributed by atoms with E-state index < -0.39 is 35.3 Å². The van der Waals surface area contributed by atoms with Crippen LogP contribution in [-0.4, -0.2) is 39.1 Å². The molecule has 0 aromatic carbocycles. The zero-order valence-electron chi connectivity index (χ0n) is 9.22. The van der Waals surface area contributed by atoms with Crippen LogP contribution in [-0.2, 0) is 0 Å². The van der Waals surface area contributed by atoms with Gasteiger partial charge in [0.2, 0.25) is 0 Å². The standard InChI is InChI=1S/C10H12FIN2O4/c11-7-4(2-15)5(3-16)8(7)14-1-6(12)9(17)13-10(14)18/h1,4-5,7-8,15-16H,2-3H2,(H,13,17,18). The van der Waals surface area contributed by atoms with Crippen molar-refractivity contribution in [2.75, 3.05) is 13.2 Å². The highest BCUT2D eigenvalue weighted by molar-refractivity contribution is 14.1. The zero-order chi connectivity index (χ0) is 13.4. The number of alkyl halides is 1. The van der Waals surface area contributed by atoms with Crippen molar-refractivity contribution in [3.05, 3.63) is 30.6 Å². The van der Waals surface area contributed by atoms with Crippen LogP contribution in [0.3, 0.4) is 0 Å². The SMILES string of the molecule is O=c1[nH]c(=O)n(C2C(F)C(CO)C2CO)cc1I. The lowest BCUT2D eigenvalue weighted by molar-refractivity contribution is -0.0876. The second-order valence-electron chi connectivity index (χ2n) is 4.27. The summed E-state index contributed by atoms with van der Waals surface area (Å²) in [6, 6.07) is -0.843. The summed E-state index contributed by atoms with van der Waals surface area (Å²) in [6.07, 6.45) is -0.138. The van der Waals surface area contributed by atoms with E-state index in [2.05, 4.69) is 4.98 Å². The van der Waals surface area contributed by atoms with Gasteiger partial charge in [0.05, 0.1) is 9.61 Å². The van der Waals surface area contributed by atoms with Gasteiger partial charge in [-0.3, -0.25) is 14.3 Å². The van der Waals surface area contributed by atoms with Crippen molar-refractivity contribution in [1.29, 1.82) is 0 Å². The van der Waals surface area contributed by atoms with Crippen LogP contribution in [0.4, 0.5) is 4.39 Å². The summed E-state index contributed by atoms with van der Waals surface area (Å²) in [6.45, 7) is -0.698. The second-order valence-corrected chi connectivity index (χ2v) is 5.43. The first-order chi connectivity index (χ1) is 8.51. The first kappa shape index (κ1) is 13.7. The van der Waals surface area contributed by atoms with Crippen LogP contribution >= 0.6 is 22.6 Å². The van der Waals surface area contributed by atoms with E-state index in [0.29, 0.717) is 0 Å². The summed E-state index contributed by atoms with van der Waals surface area (Å²) in [7, 11) is 0. The van der Waals surface area contributed by atoms with Gasteiger partial charge in [0.25, 0.3) is 5.56 Å². The largest absolute Gasteiger partial charge is 0.396 e. The van der Waals surface area contributed by atoms with E-state index in [0.717, 1.165) is 4.57 Å². The van der Waals surface area contributed by atoms with Crippen molar-refractivity contribution >= 4 is 22.6 Å². The second kappa shape index (κ2) is 5.10. The molecule has 1 aliphatic rings. The first-order valence-corrected chi connectivity index (χ1v) is 6.46. The summed E-state index contributed by atoms with van der Waals surface area (Å²) in [4.78, 5) is 24.9. The molecule has 4 atom stereocenters. The maximum absolute atomic E-state index is 13.9. The van der Waals surface area contributed by atoms with E-state index in [1.54, 1.807) is 22.6 Å². The molecular weight excluding hydrogens is 358 g/mol. The van der Waals surface area contributed by atoms with E-state index in [4.69, 9.17) is 5.11 Å². The van der Waals surface area contributed by atoms with Crippen LogP contribution in [0.1, 0.15) is 6.04 Å². The Labute approximate surface area is 115 Å². The van der Waals surface area contributed by atoms with Gasteiger partial charge >= 0.3 is 5.69 Å². The molecule has 0 saturated heterocycles. The lowest BCUT2D eigenvalue weighted by atomic mass is 9.68. The topological polar surface area (TPSA) is 95.3 Å². The minimum Gasteiger partial charge on any atom is -0.396 e. The van der Waals surface area contributed by atoms with E-state index in [1.165, 1.54) is 6.20 Å². The Morgan fingerprint density at radius 3 is 2.50 bits per heavy atom. The maximum atomic E-state index is 13.9. The fourth-order valence-corrected chi connectivity index (χ4v) is 2.79. The summed E-state index contributed by atoms with van der Waals surface area (Å²) in [5.74, 6) is -1.19. The van der Waals surface area contributed by atoms with Gasteiger partial charge in [-0.15, -0.1) is 0 Å². The van der Waals surface area contributed by atoms with E-state index in [9.17, 15) is 19.1 Å². The number of rotatable bonds is 3. The molecule has 0 amide bonds. The van der Waals surface area contributed by atoms with Gasteiger partial charge in [0, 0.05) is 31.2 Å². The maximum Gasteiger partial charge on any atom is 0.328 e. The minimum absolute atomic E-state index is 0.267. The van der Waals surface area contributed by atoms with Gasteiger partial charge < -0.3 is 10.2 Å². The Morgan fingerprint density at radius 1 is 1.33 bits per heavy atom. The molecule has 100 valence electrons. The monoisotopic (exact) mass is 370 g/mol. The molecule has 1 aromatic heterocycles. The number of hydrogen-bond donors (Lipinski definition) is 3. The molecule has 0 bridgehead atoms. The highest BCUT2D eigenvalue weighted by Gasteiger charge is 2.51. The van der Waals surface area contributed by atoms with Crippen LogP contribution in [0, 0.1) is 15.4 Å². The molecule has 2 rings (SSSR count). The third-order valence-electron chi connectivity index (χ3n) is 3.39. The Hall–Kier alpha value is -0.740. The van der Waals surface area contributed by atoms with Crippen molar-refractivity contribution in [3.63, 3.8) is 0 Å². The molecule has 18 heavy (non-hydrogen) atoms. The van der Waals surface area contributed by atoms with E-state index in [-0.39, 0.29) is 16.8 Å². The third-order valence-corrected chi connectivity index (χ3v) is 4.16. The average molecular weight is 370 g/mol. The zero-order valence-corrected chi connectivity index (χ0v) is 11.4. The Morgan fingerprint density at radius 2 is 1.94 bits per heavy atom. The van der Waals surface area contributed by atoms with E-state index >= 15 is 0 Å². The molecule has 6 nitrogen and oxygen atoms in total. The number of halogens is 2. The minimum atomic E-state index is -1.41. The Balaban J connectivity index is 2.41. The number of H-pyrrole nitrogens is 1. The van der Waals surface area contributed by atoms with Gasteiger partial charge in [0.1, 0.15) is 6.17 Å². The van der Waals surface area contributed by atoms with Crippen molar-refractivity contribution in [1.82, 2.24) is 9.55 Å². The summed E-state index contributed by atoms with van der Waals surface area (Å²) < 4.78 is 15.2. The van der Waals surface area contributed by atoms with Gasteiger partial charge in [-0.05, 0) is 22.6 Å². The normalized spacial score (nSPS) is 31.1. The number of aliphatic hydroxyl groups excluding tert-OH is 2. The van der Waals surface area contributed by atoms with Crippen molar-refractivity contribution in [3.8, 4) is 0 Å². The van der Waals surface area contributed by atoms with E-state index in [1.807, 2.05) is 0 Å². The average Bonchev–Trinajstić information content (AvgIpc) is 2.33. The molecule has 1 fully saturated rings. The van der Waals surface area contributed by atoms with Crippen LogP contribution in [0.25, 0.3) is 0 Å². The number of nitrogens with one attached hydrogen (secondary N) is 1. The molecule has 1 aliphatic carbocycles. The summed E-state index contributed by atoms with van der Waals surface area (Å²) in [5.41, 5.74) is -1.23. The Bertz CT molecular complexity index is 558. The smallest absolute Gasteiger partial charge is 0.328 e. The Kier molecular flexibility index (Phi) is 3.87. The van der Waals surface area contributed by atoms with Crippen molar-refractivity contribution in [2.24, 2.45) is 11.8 Å². The van der Waals surface area contributed by atoms with Crippen molar-refractivity contribution < 1.29 is 14.6 Å². The van der Waals surface area contributed by atoms with Crippen LogP contribution in [0.5, 0.6) is 0 Å². The number of aliphatic hydroxyl groups is 2. The molecule has 1 heterocycles. The number of hydrogen-bond acceptors (Lipinski definition) is 4. The molecule has 1 saturated carbocycles. The summed E-state index contributed by atoms with van der Waals surface area (Å²) in [5, 5.41) is 18.2. The van der Waals surface area contributed by atoms with Crippen LogP contribution < -0.4 is 11.2 Å². The highest BCUT2D eigenvalue weighted by Crippen LogP contribution is 2.45. The molecule has 1 aromatic rings. The van der Waals surface area contributed by atoms with Crippen LogP contribution in [0.2, 0.25) is 0 Å². The summed E-state index contributed by atoms with van der Waals surface area (Å²) >= 11 is 1.74. The molecule has 0 radical (unpaired) electrons. The lowest BCUT2D eigenvalue weighted by Gasteiger charge is -2.46. The highest BCUT2D eigenvalue weighted by atomic mass is 127. The van der Waals surface area contributed by atoms with Crippen LogP contribution in [0.15, 0.2) is 15.8 Å². The molecule has 3 N–H and O–H groups in total. The molecular formula is C10H12FIN2O4. The van der Waals surface area contributed by atoms with Gasteiger partial charge in [-0.1, -0.05) is 0 Å². The quantitative estimate of drug-likeness (QED) is 0.611. The van der Waals surface area contributed by atoms with Crippen molar-refractivity contribution in [2.45, 2.75) is 12.2 Å². The van der Waals surface area contributed by atoms with Gasteiger partial charge in [0.15, 0.2) is 0 Å². The fourth-order valence-electron chi connectivity index (χ4n) is 2.35. The molecule has 0 spiro atoms. The third kappa shape index (κ3) is 2.01. The predicted octanol–water partition coefficient (Wildman–Crippen LogP) is -0.749. The molecule has 4 unspecified atom stereocenters. The number of nitrogens with zero attached hydrogens (tertiary/aromatic N) is 1. The number of aromatic nitrogens is 2.